The molecular formula is C15H17N3O2. The van der Waals surface area contributed by atoms with Crippen LogP contribution in [-0.2, 0) is 4.74 Å². The van der Waals surface area contributed by atoms with Crippen LogP contribution in [0.5, 0.6) is 0 Å². The van der Waals surface area contributed by atoms with Gasteiger partial charge in [-0.3, -0.25) is 4.79 Å². The molecule has 0 atom stereocenters. The van der Waals surface area contributed by atoms with E-state index in [1.807, 2.05) is 19.2 Å². The van der Waals surface area contributed by atoms with Crippen molar-refractivity contribution in [1.29, 1.82) is 0 Å². The number of anilines is 1. The molecule has 2 aliphatic heterocycles. The number of ether oxygens (including phenoxy) is 1. The number of ketones is 1. The molecule has 104 valence electrons. The first kappa shape index (κ1) is 11.9. The average molecular weight is 271 g/mol. The predicted octanol–water partition coefficient (Wildman–Crippen LogP) is 1.76. The van der Waals surface area contributed by atoms with E-state index in [1.54, 1.807) is 10.7 Å². The molecule has 2 aromatic rings. The van der Waals surface area contributed by atoms with Crippen molar-refractivity contribution in [1.82, 2.24) is 9.61 Å². The SMILES string of the molecule is CCC(=O)c1cnn2cc(N3CC4(COC4)C3)ccc12. The summed E-state index contributed by atoms with van der Waals surface area (Å²) in [6.07, 6.45) is 4.19. The molecular weight excluding hydrogens is 254 g/mol. The number of Topliss-reactive ketones (excluding diaryl/α,β-unsaturated/α-hetero) is 1. The summed E-state index contributed by atoms with van der Waals surface area (Å²) in [6.45, 7) is 5.77. The van der Waals surface area contributed by atoms with Crippen LogP contribution in [0, 0.1) is 5.41 Å². The monoisotopic (exact) mass is 271 g/mol. The normalized spacial score (nSPS) is 19.9. The number of pyridine rings is 1. The van der Waals surface area contributed by atoms with Crippen molar-refractivity contribution >= 4 is 17.0 Å². The van der Waals surface area contributed by atoms with Crippen LogP contribution in [0.15, 0.2) is 24.5 Å². The second-order valence-corrected chi connectivity index (χ2v) is 5.90. The molecule has 5 heteroatoms. The Labute approximate surface area is 117 Å². The molecule has 2 aliphatic rings. The van der Waals surface area contributed by atoms with E-state index < -0.39 is 0 Å². The molecule has 0 aromatic carbocycles. The van der Waals surface area contributed by atoms with Gasteiger partial charge in [-0.15, -0.1) is 0 Å². The summed E-state index contributed by atoms with van der Waals surface area (Å²) in [5.41, 5.74) is 3.17. The number of carbonyl (C=O) groups excluding carboxylic acids is 1. The Balaban J connectivity index is 1.62. The van der Waals surface area contributed by atoms with Gasteiger partial charge in [0.25, 0.3) is 0 Å². The van der Waals surface area contributed by atoms with Crippen LogP contribution in [0.1, 0.15) is 23.7 Å². The first-order valence-corrected chi connectivity index (χ1v) is 7.04. The Morgan fingerprint density at radius 3 is 2.85 bits per heavy atom. The molecule has 20 heavy (non-hydrogen) atoms. The molecule has 0 saturated carbocycles. The van der Waals surface area contributed by atoms with E-state index in [2.05, 4.69) is 16.1 Å². The maximum absolute atomic E-state index is 11.8. The average Bonchev–Trinajstić information content (AvgIpc) is 2.77. The van der Waals surface area contributed by atoms with Gasteiger partial charge in [-0.25, -0.2) is 4.52 Å². The molecule has 0 aliphatic carbocycles. The van der Waals surface area contributed by atoms with Gasteiger partial charge in [0.2, 0.25) is 0 Å². The highest BCUT2D eigenvalue weighted by Gasteiger charge is 2.49. The molecule has 2 aromatic heterocycles. The molecule has 1 spiro atoms. The van der Waals surface area contributed by atoms with E-state index >= 15 is 0 Å². The highest BCUT2D eigenvalue weighted by molar-refractivity contribution is 6.02. The van der Waals surface area contributed by atoms with Gasteiger partial charge in [0.05, 0.1) is 47.8 Å². The van der Waals surface area contributed by atoms with Gasteiger partial charge in [-0.1, -0.05) is 6.92 Å². The molecule has 0 bridgehead atoms. The third kappa shape index (κ3) is 1.59. The lowest BCUT2D eigenvalue weighted by Gasteiger charge is -2.55. The predicted molar refractivity (Wildman–Crippen MR) is 75.3 cm³/mol. The minimum Gasteiger partial charge on any atom is -0.380 e. The summed E-state index contributed by atoms with van der Waals surface area (Å²) < 4.78 is 7.10. The van der Waals surface area contributed by atoms with Crippen LogP contribution in [-0.4, -0.2) is 41.7 Å². The number of hydrogen-bond acceptors (Lipinski definition) is 4. The largest absolute Gasteiger partial charge is 0.380 e. The third-order valence-electron chi connectivity index (χ3n) is 4.36. The van der Waals surface area contributed by atoms with Crippen LogP contribution in [0.4, 0.5) is 5.69 Å². The number of fused-ring (bicyclic) bond motifs is 1. The molecule has 4 heterocycles. The fraction of sp³-hybridized carbons (Fsp3) is 0.467. The zero-order valence-electron chi connectivity index (χ0n) is 11.5. The first-order chi connectivity index (χ1) is 9.71. The maximum atomic E-state index is 11.8. The smallest absolute Gasteiger partial charge is 0.166 e. The Kier molecular flexibility index (Phi) is 2.41. The topological polar surface area (TPSA) is 46.8 Å². The van der Waals surface area contributed by atoms with Crippen molar-refractivity contribution in [2.45, 2.75) is 13.3 Å². The lowest BCUT2D eigenvalue weighted by molar-refractivity contribution is -0.127. The van der Waals surface area contributed by atoms with Crippen LogP contribution < -0.4 is 4.90 Å². The van der Waals surface area contributed by atoms with Crippen LogP contribution in [0.25, 0.3) is 5.52 Å². The Bertz CT molecular complexity index is 679. The van der Waals surface area contributed by atoms with Crippen LogP contribution in [0.3, 0.4) is 0 Å². The molecule has 2 fully saturated rings. The quantitative estimate of drug-likeness (QED) is 0.798. The maximum Gasteiger partial charge on any atom is 0.166 e. The van der Waals surface area contributed by atoms with Gasteiger partial charge in [0.15, 0.2) is 5.78 Å². The summed E-state index contributed by atoms with van der Waals surface area (Å²) in [7, 11) is 0. The second-order valence-electron chi connectivity index (χ2n) is 5.90. The number of aromatic nitrogens is 2. The van der Waals surface area contributed by atoms with Crippen molar-refractivity contribution in [3.63, 3.8) is 0 Å². The van der Waals surface area contributed by atoms with E-state index in [1.165, 1.54) is 0 Å². The molecule has 5 nitrogen and oxygen atoms in total. The fourth-order valence-corrected chi connectivity index (χ4v) is 3.09. The molecule has 2 saturated heterocycles. The minimum absolute atomic E-state index is 0.141. The van der Waals surface area contributed by atoms with E-state index in [9.17, 15) is 4.79 Å². The minimum atomic E-state index is 0.141. The highest BCUT2D eigenvalue weighted by atomic mass is 16.5. The number of carbonyl (C=O) groups is 1. The summed E-state index contributed by atoms with van der Waals surface area (Å²) >= 11 is 0. The van der Waals surface area contributed by atoms with Gasteiger partial charge in [-0.05, 0) is 12.1 Å². The molecule has 0 radical (unpaired) electrons. The molecule has 0 unspecified atom stereocenters. The van der Waals surface area contributed by atoms with Crippen molar-refractivity contribution < 1.29 is 9.53 Å². The van der Waals surface area contributed by atoms with Crippen molar-refractivity contribution in [3.05, 3.63) is 30.1 Å². The Morgan fingerprint density at radius 2 is 2.20 bits per heavy atom. The van der Waals surface area contributed by atoms with E-state index in [0.717, 1.165) is 37.5 Å². The zero-order valence-corrected chi connectivity index (χ0v) is 11.5. The van der Waals surface area contributed by atoms with Crippen LogP contribution >= 0.6 is 0 Å². The second kappa shape index (κ2) is 4.06. The Hall–Kier alpha value is -1.88. The van der Waals surface area contributed by atoms with Gasteiger partial charge >= 0.3 is 0 Å². The summed E-state index contributed by atoms with van der Waals surface area (Å²) in [5.74, 6) is 0.141. The fourth-order valence-electron chi connectivity index (χ4n) is 3.09. The van der Waals surface area contributed by atoms with E-state index in [0.29, 0.717) is 17.4 Å². The molecule has 4 rings (SSSR count). The third-order valence-corrected chi connectivity index (χ3v) is 4.36. The Morgan fingerprint density at radius 1 is 1.40 bits per heavy atom. The van der Waals surface area contributed by atoms with Crippen molar-refractivity contribution in [3.8, 4) is 0 Å². The van der Waals surface area contributed by atoms with Crippen molar-refractivity contribution in [2.24, 2.45) is 5.41 Å². The zero-order chi connectivity index (χ0) is 13.7. The lowest BCUT2D eigenvalue weighted by Crippen LogP contribution is -2.66. The van der Waals surface area contributed by atoms with Gasteiger partial charge in [-0.2, -0.15) is 5.10 Å². The lowest BCUT2D eigenvalue weighted by atomic mass is 9.78. The first-order valence-electron chi connectivity index (χ1n) is 7.04. The van der Waals surface area contributed by atoms with Gasteiger partial charge in [0, 0.05) is 19.5 Å². The van der Waals surface area contributed by atoms with E-state index in [-0.39, 0.29) is 5.78 Å². The number of nitrogens with zero attached hydrogens (tertiary/aromatic N) is 3. The molecule has 0 N–H and O–H groups in total. The highest BCUT2D eigenvalue weighted by Crippen LogP contribution is 2.40. The summed E-state index contributed by atoms with van der Waals surface area (Å²) in [4.78, 5) is 14.2. The van der Waals surface area contributed by atoms with Gasteiger partial charge in [0.1, 0.15) is 0 Å². The van der Waals surface area contributed by atoms with Gasteiger partial charge < -0.3 is 9.64 Å². The standard InChI is InChI=1S/C15H17N3O2/c1-2-14(19)12-5-16-18-6-11(3-4-13(12)18)17-7-15(8-17)9-20-10-15/h3-6H,2,7-10H2,1H3. The number of hydrogen-bond donors (Lipinski definition) is 0. The van der Waals surface area contributed by atoms with E-state index in [4.69, 9.17) is 4.74 Å². The van der Waals surface area contributed by atoms with Crippen LogP contribution in [0.2, 0.25) is 0 Å². The number of rotatable bonds is 3. The summed E-state index contributed by atoms with van der Waals surface area (Å²) in [6, 6.07) is 4.07. The molecule has 0 amide bonds. The van der Waals surface area contributed by atoms with Crippen molar-refractivity contribution in [2.75, 3.05) is 31.2 Å². The summed E-state index contributed by atoms with van der Waals surface area (Å²) in [5, 5.41) is 4.30.